The summed E-state index contributed by atoms with van der Waals surface area (Å²) in [5, 5.41) is 0. The van der Waals surface area contributed by atoms with E-state index in [9.17, 15) is 0 Å². The molecule has 0 unspecified atom stereocenters. The Morgan fingerprint density at radius 1 is 1.25 bits per heavy atom. The fraction of sp³-hybridized carbons (Fsp3) is 0.615. The molecule has 16 heavy (non-hydrogen) atoms. The first-order valence-electron chi connectivity index (χ1n) is 6.21. The first-order chi connectivity index (χ1) is 7.92. The zero-order valence-corrected chi connectivity index (χ0v) is 9.60. The molecule has 0 spiro atoms. The second kappa shape index (κ2) is 4.42. The Balaban J connectivity index is 1.53. The molecule has 1 saturated carbocycles. The second-order valence-electron chi connectivity index (χ2n) is 4.85. The van der Waals surface area contributed by atoms with Gasteiger partial charge in [-0.05, 0) is 30.9 Å². The van der Waals surface area contributed by atoms with Gasteiger partial charge in [0.2, 0.25) is 0 Å². The van der Waals surface area contributed by atoms with Crippen molar-refractivity contribution in [2.75, 3.05) is 37.6 Å². The molecule has 1 aromatic heterocycles. The van der Waals surface area contributed by atoms with Gasteiger partial charge in [-0.1, -0.05) is 0 Å². The highest BCUT2D eigenvalue weighted by Crippen LogP contribution is 2.30. The maximum Gasteiger partial charge on any atom is 0.128 e. The number of rotatable bonds is 3. The van der Waals surface area contributed by atoms with Crippen LogP contribution < -0.4 is 4.90 Å². The van der Waals surface area contributed by atoms with E-state index in [1.54, 1.807) is 6.20 Å². The summed E-state index contributed by atoms with van der Waals surface area (Å²) in [5.74, 6) is 2.11. The van der Waals surface area contributed by atoms with Crippen LogP contribution in [-0.2, 0) is 0 Å². The molecular formula is C13H18N3. The quantitative estimate of drug-likeness (QED) is 0.761. The van der Waals surface area contributed by atoms with E-state index >= 15 is 0 Å². The van der Waals surface area contributed by atoms with Crippen molar-refractivity contribution in [2.45, 2.75) is 12.8 Å². The van der Waals surface area contributed by atoms with Gasteiger partial charge in [0.15, 0.2) is 0 Å². The summed E-state index contributed by atoms with van der Waals surface area (Å²) in [6.07, 6.45) is 4.67. The molecule has 2 heterocycles. The van der Waals surface area contributed by atoms with Crippen LogP contribution in [-0.4, -0.2) is 42.6 Å². The molecule has 0 bridgehead atoms. The first-order valence-corrected chi connectivity index (χ1v) is 6.21. The molecule has 0 aromatic carbocycles. The Kier molecular flexibility index (Phi) is 2.79. The second-order valence-corrected chi connectivity index (χ2v) is 4.85. The molecule has 0 N–H and O–H groups in total. The van der Waals surface area contributed by atoms with Gasteiger partial charge in [0.05, 0.1) is 0 Å². The minimum atomic E-state index is 1.01. The van der Waals surface area contributed by atoms with Gasteiger partial charge in [0.25, 0.3) is 0 Å². The zero-order chi connectivity index (χ0) is 10.8. The van der Waals surface area contributed by atoms with Crippen LogP contribution in [0.1, 0.15) is 12.8 Å². The lowest BCUT2D eigenvalue weighted by Gasteiger charge is -2.35. The maximum absolute atomic E-state index is 4.35. The number of hydrogen-bond acceptors (Lipinski definition) is 3. The molecule has 3 nitrogen and oxygen atoms in total. The molecule has 2 fully saturated rings. The van der Waals surface area contributed by atoms with Gasteiger partial charge < -0.3 is 4.90 Å². The van der Waals surface area contributed by atoms with Gasteiger partial charge >= 0.3 is 0 Å². The summed E-state index contributed by atoms with van der Waals surface area (Å²) < 4.78 is 0. The summed E-state index contributed by atoms with van der Waals surface area (Å²) in [6, 6.07) is 6.96. The smallest absolute Gasteiger partial charge is 0.128 e. The molecule has 3 rings (SSSR count). The molecular weight excluding hydrogens is 198 g/mol. The standard InChI is InChI=1S/C13H18N3/c1-2-6-14-13(3-1)16-9-7-15(8-10-16)11-12-4-5-12/h1,3,6,12H,4-5,7-11H2. The van der Waals surface area contributed by atoms with Crippen LogP contribution in [0, 0.1) is 12.0 Å². The summed E-state index contributed by atoms with van der Waals surface area (Å²) in [5.41, 5.74) is 0. The van der Waals surface area contributed by atoms with Crippen LogP contribution in [0.5, 0.6) is 0 Å². The Bertz CT molecular complexity index is 326. The topological polar surface area (TPSA) is 19.4 Å². The minimum Gasteiger partial charge on any atom is -0.354 e. The molecule has 0 amide bonds. The first kappa shape index (κ1) is 10.1. The van der Waals surface area contributed by atoms with Crippen molar-refractivity contribution in [1.82, 2.24) is 9.88 Å². The highest BCUT2D eigenvalue weighted by atomic mass is 15.3. The number of pyridine rings is 1. The maximum atomic E-state index is 4.35. The van der Waals surface area contributed by atoms with Crippen LogP contribution in [0.15, 0.2) is 18.3 Å². The molecule has 2 aliphatic rings. The molecule has 1 saturated heterocycles. The summed E-state index contributed by atoms with van der Waals surface area (Å²) in [6.45, 7) is 5.94. The van der Waals surface area contributed by atoms with E-state index in [2.05, 4.69) is 26.9 Å². The predicted molar refractivity (Wildman–Crippen MR) is 64.5 cm³/mol. The Morgan fingerprint density at radius 3 is 2.69 bits per heavy atom. The lowest BCUT2D eigenvalue weighted by molar-refractivity contribution is 0.247. The van der Waals surface area contributed by atoms with Gasteiger partial charge in [-0.2, -0.15) is 0 Å². The van der Waals surface area contributed by atoms with E-state index in [0.717, 1.165) is 24.8 Å². The summed E-state index contributed by atoms with van der Waals surface area (Å²) >= 11 is 0. The van der Waals surface area contributed by atoms with E-state index in [-0.39, 0.29) is 0 Å². The molecule has 3 heteroatoms. The van der Waals surface area contributed by atoms with E-state index in [1.165, 1.54) is 32.5 Å². The van der Waals surface area contributed by atoms with Gasteiger partial charge in [-0.3, -0.25) is 4.90 Å². The van der Waals surface area contributed by atoms with Crippen molar-refractivity contribution in [2.24, 2.45) is 5.92 Å². The Morgan fingerprint density at radius 2 is 2.06 bits per heavy atom. The third kappa shape index (κ3) is 2.35. The van der Waals surface area contributed by atoms with Crippen LogP contribution in [0.4, 0.5) is 5.82 Å². The predicted octanol–water partition coefficient (Wildman–Crippen LogP) is 1.41. The molecule has 1 radical (unpaired) electrons. The highest BCUT2D eigenvalue weighted by Gasteiger charge is 2.26. The number of nitrogens with zero attached hydrogens (tertiary/aromatic N) is 3. The molecule has 1 aromatic rings. The molecule has 1 aliphatic heterocycles. The number of aromatic nitrogens is 1. The Hall–Kier alpha value is -1.09. The molecule has 85 valence electrons. The molecule has 0 atom stereocenters. The van der Waals surface area contributed by atoms with Gasteiger partial charge in [-0.25, -0.2) is 4.98 Å². The summed E-state index contributed by atoms with van der Waals surface area (Å²) in [7, 11) is 0. The average molecular weight is 216 g/mol. The van der Waals surface area contributed by atoms with Crippen molar-refractivity contribution < 1.29 is 0 Å². The van der Waals surface area contributed by atoms with Crippen LogP contribution in [0.3, 0.4) is 0 Å². The minimum absolute atomic E-state index is 1.01. The van der Waals surface area contributed by atoms with Crippen LogP contribution >= 0.6 is 0 Å². The SMILES string of the molecule is [c]1ccc(N2CCN(CC3CC3)CC2)nc1. The lowest BCUT2D eigenvalue weighted by Crippen LogP contribution is -2.47. The van der Waals surface area contributed by atoms with Gasteiger partial charge in [-0.15, -0.1) is 0 Å². The fourth-order valence-electron chi connectivity index (χ4n) is 2.32. The van der Waals surface area contributed by atoms with Crippen LogP contribution in [0.2, 0.25) is 0 Å². The molecule has 1 aliphatic carbocycles. The van der Waals surface area contributed by atoms with Gasteiger partial charge in [0, 0.05) is 45.0 Å². The summed E-state index contributed by atoms with van der Waals surface area (Å²) in [4.78, 5) is 9.33. The largest absolute Gasteiger partial charge is 0.354 e. The number of hydrogen-bond donors (Lipinski definition) is 0. The van der Waals surface area contributed by atoms with Crippen molar-refractivity contribution in [1.29, 1.82) is 0 Å². The van der Waals surface area contributed by atoms with Crippen molar-refractivity contribution in [3.8, 4) is 0 Å². The van der Waals surface area contributed by atoms with E-state index in [0.29, 0.717) is 0 Å². The van der Waals surface area contributed by atoms with E-state index in [1.807, 2.05) is 6.07 Å². The third-order valence-electron chi connectivity index (χ3n) is 3.51. The zero-order valence-electron chi connectivity index (χ0n) is 9.60. The average Bonchev–Trinajstić information content (AvgIpc) is 3.15. The lowest BCUT2D eigenvalue weighted by atomic mass is 10.2. The van der Waals surface area contributed by atoms with E-state index < -0.39 is 0 Å². The van der Waals surface area contributed by atoms with Crippen LogP contribution in [0.25, 0.3) is 0 Å². The number of anilines is 1. The van der Waals surface area contributed by atoms with Crippen molar-refractivity contribution >= 4 is 5.82 Å². The van der Waals surface area contributed by atoms with Gasteiger partial charge in [0.1, 0.15) is 5.82 Å². The Labute approximate surface area is 97.1 Å². The fourth-order valence-corrected chi connectivity index (χ4v) is 2.32. The highest BCUT2D eigenvalue weighted by molar-refractivity contribution is 5.37. The third-order valence-corrected chi connectivity index (χ3v) is 3.51. The van der Waals surface area contributed by atoms with E-state index in [4.69, 9.17) is 0 Å². The number of piperazine rings is 1. The van der Waals surface area contributed by atoms with Crippen molar-refractivity contribution in [3.05, 3.63) is 24.4 Å². The normalized spacial score (nSPS) is 22.4. The monoisotopic (exact) mass is 216 g/mol. The van der Waals surface area contributed by atoms with Crippen molar-refractivity contribution in [3.63, 3.8) is 0 Å².